The van der Waals surface area contributed by atoms with Gasteiger partial charge in [0, 0.05) is 13.2 Å². The fourth-order valence-corrected chi connectivity index (χ4v) is 2.17. The minimum Gasteiger partial charge on any atom is -0.381 e. The topological polar surface area (TPSA) is 21.3 Å². The van der Waals surface area contributed by atoms with Crippen LogP contribution in [0, 0.1) is 11.8 Å². The molecular weight excluding hydrogens is 174 g/mol. The summed E-state index contributed by atoms with van der Waals surface area (Å²) in [4.78, 5) is 0. The van der Waals surface area contributed by atoms with Gasteiger partial charge in [-0.3, -0.25) is 0 Å². The number of nitrogens with one attached hydrogen (secondary N) is 1. The summed E-state index contributed by atoms with van der Waals surface area (Å²) in [5, 5.41) is 3.48. The maximum absolute atomic E-state index is 5.49. The molecule has 84 valence electrons. The highest BCUT2D eigenvalue weighted by atomic mass is 16.5. The molecule has 0 aromatic carbocycles. The van der Waals surface area contributed by atoms with Crippen LogP contribution in [0.2, 0.25) is 0 Å². The molecule has 2 atom stereocenters. The Morgan fingerprint density at radius 3 is 3.00 bits per heavy atom. The lowest BCUT2D eigenvalue weighted by Crippen LogP contribution is -2.26. The van der Waals surface area contributed by atoms with E-state index in [-0.39, 0.29) is 0 Å². The van der Waals surface area contributed by atoms with Crippen molar-refractivity contribution in [3.05, 3.63) is 0 Å². The van der Waals surface area contributed by atoms with Crippen molar-refractivity contribution in [2.45, 2.75) is 39.5 Å². The van der Waals surface area contributed by atoms with Gasteiger partial charge in [-0.15, -0.1) is 0 Å². The highest BCUT2D eigenvalue weighted by Crippen LogP contribution is 2.21. The normalized spacial score (nSPS) is 24.9. The van der Waals surface area contributed by atoms with E-state index in [2.05, 4.69) is 19.2 Å². The highest BCUT2D eigenvalue weighted by Gasteiger charge is 2.16. The predicted octanol–water partition coefficient (Wildman–Crippen LogP) is 2.44. The maximum atomic E-state index is 5.49. The zero-order chi connectivity index (χ0) is 10.2. The van der Waals surface area contributed by atoms with E-state index in [1.54, 1.807) is 0 Å². The van der Waals surface area contributed by atoms with Crippen molar-refractivity contribution >= 4 is 0 Å². The Morgan fingerprint density at radius 2 is 2.36 bits per heavy atom. The molecule has 1 heterocycles. The summed E-state index contributed by atoms with van der Waals surface area (Å²) in [6, 6.07) is 0. The molecule has 1 aliphatic heterocycles. The van der Waals surface area contributed by atoms with Crippen LogP contribution < -0.4 is 5.32 Å². The van der Waals surface area contributed by atoms with Gasteiger partial charge in [0.2, 0.25) is 0 Å². The summed E-state index contributed by atoms with van der Waals surface area (Å²) in [5.74, 6) is 1.62. The molecular formula is C12H25NO. The molecule has 1 saturated heterocycles. The lowest BCUT2D eigenvalue weighted by molar-refractivity contribution is 0.0461. The van der Waals surface area contributed by atoms with E-state index in [0.29, 0.717) is 0 Å². The van der Waals surface area contributed by atoms with Crippen LogP contribution in [0.15, 0.2) is 0 Å². The Balaban J connectivity index is 2.03. The van der Waals surface area contributed by atoms with Crippen LogP contribution in [0.3, 0.4) is 0 Å². The average Bonchev–Trinajstić information content (AvgIpc) is 2.20. The Labute approximate surface area is 88.4 Å². The number of ether oxygens (including phenoxy) is 1. The largest absolute Gasteiger partial charge is 0.381 e. The standard InChI is InChI=1S/C12H25NO/c1-3-6-13-9-11(2)8-12-5-4-7-14-10-12/h11-13H,3-10H2,1-2H3. The summed E-state index contributed by atoms with van der Waals surface area (Å²) in [5.41, 5.74) is 0. The quantitative estimate of drug-likeness (QED) is 0.663. The molecule has 0 bridgehead atoms. The molecule has 14 heavy (non-hydrogen) atoms. The molecule has 0 radical (unpaired) electrons. The van der Waals surface area contributed by atoms with Crippen LogP contribution in [-0.2, 0) is 4.74 Å². The van der Waals surface area contributed by atoms with Crippen LogP contribution in [0.4, 0.5) is 0 Å². The second kappa shape index (κ2) is 7.24. The van der Waals surface area contributed by atoms with Crippen LogP contribution in [0.25, 0.3) is 0 Å². The molecule has 1 N–H and O–H groups in total. The molecule has 0 aromatic rings. The van der Waals surface area contributed by atoms with Crippen LogP contribution in [0.1, 0.15) is 39.5 Å². The Bertz CT molecular complexity index is 132. The fourth-order valence-electron chi connectivity index (χ4n) is 2.17. The zero-order valence-corrected chi connectivity index (χ0v) is 9.72. The van der Waals surface area contributed by atoms with E-state index < -0.39 is 0 Å². The molecule has 0 spiro atoms. The van der Waals surface area contributed by atoms with Crippen molar-refractivity contribution in [2.24, 2.45) is 11.8 Å². The van der Waals surface area contributed by atoms with E-state index in [9.17, 15) is 0 Å². The van der Waals surface area contributed by atoms with Gasteiger partial charge in [-0.2, -0.15) is 0 Å². The van der Waals surface area contributed by atoms with E-state index in [1.165, 1.54) is 32.2 Å². The summed E-state index contributed by atoms with van der Waals surface area (Å²) in [6.07, 6.45) is 5.20. The van der Waals surface area contributed by atoms with Gasteiger partial charge in [0.25, 0.3) is 0 Å². The zero-order valence-electron chi connectivity index (χ0n) is 9.72. The number of rotatable bonds is 6. The number of hydrogen-bond acceptors (Lipinski definition) is 2. The summed E-state index contributed by atoms with van der Waals surface area (Å²) in [6.45, 7) is 8.87. The molecule has 2 nitrogen and oxygen atoms in total. The lowest BCUT2D eigenvalue weighted by Gasteiger charge is -2.25. The Morgan fingerprint density at radius 1 is 1.50 bits per heavy atom. The van der Waals surface area contributed by atoms with Crippen molar-refractivity contribution in [1.82, 2.24) is 5.32 Å². The molecule has 0 saturated carbocycles. The lowest BCUT2D eigenvalue weighted by atomic mass is 9.91. The fraction of sp³-hybridized carbons (Fsp3) is 1.00. The first kappa shape index (κ1) is 12.0. The molecule has 1 fully saturated rings. The van der Waals surface area contributed by atoms with E-state index in [0.717, 1.165) is 31.6 Å². The highest BCUT2D eigenvalue weighted by molar-refractivity contribution is 4.68. The van der Waals surface area contributed by atoms with Gasteiger partial charge in [-0.25, -0.2) is 0 Å². The summed E-state index contributed by atoms with van der Waals surface area (Å²) >= 11 is 0. The molecule has 0 aromatic heterocycles. The molecule has 2 unspecified atom stereocenters. The minimum absolute atomic E-state index is 0.799. The third kappa shape index (κ3) is 4.97. The van der Waals surface area contributed by atoms with Gasteiger partial charge >= 0.3 is 0 Å². The Hall–Kier alpha value is -0.0800. The smallest absolute Gasteiger partial charge is 0.0494 e. The van der Waals surface area contributed by atoms with E-state index >= 15 is 0 Å². The molecule has 0 aliphatic carbocycles. The average molecular weight is 199 g/mol. The minimum atomic E-state index is 0.799. The maximum Gasteiger partial charge on any atom is 0.0494 e. The van der Waals surface area contributed by atoms with Crippen LogP contribution >= 0.6 is 0 Å². The van der Waals surface area contributed by atoms with E-state index in [4.69, 9.17) is 4.74 Å². The second-order valence-electron chi connectivity index (χ2n) is 4.63. The summed E-state index contributed by atoms with van der Waals surface area (Å²) in [7, 11) is 0. The van der Waals surface area contributed by atoms with Gasteiger partial charge in [-0.05, 0) is 50.6 Å². The SMILES string of the molecule is CCCNCC(C)CC1CCCOC1. The monoisotopic (exact) mass is 199 g/mol. The first-order valence-corrected chi connectivity index (χ1v) is 6.11. The third-order valence-corrected chi connectivity index (χ3v) is 2.91. The van der Waals surface area contributed by atoms with Gasteiger partial charge in [0.15, 0.2) is 0 Å². The Kier molecular flexibility index (Phi) is 6.20. The van der Waals surface area contributed by atoms with E-state index in [1.807, 2.05) is 0 Å². The van der Waals surface area contributed by atoms with Crippen molar-refractivity contribution in [3.8, 4) is 0 Å². The first-order chi connectivity index (χ1) is 6.83. The van der Waals surface area contributed by atoms with Gasteiger partial charge in [0.1, 0.15) is 0 Å². The van der Waals surface area contributed by atoms with Crippen molar-refractivity contribution in [1.29, 1.82) is 0 Å². The predicted molar refractivity (Wildman–Crippen MR) is 60.5 cm³/mol. The van der Waals surface area contributed by atoms with Crippen molar-refractivity contribution in [3.63, 3.8) is 0 Å². The third-order valence-electron chi connectivity index (χ3n) is 2.91. The van der Waals surface area contributed by atoms with Crippen LogP contribution in [-0.4, -0.2) is 26.3 Å². The molecule has 0 amide bonds. The van der Waals surface area contributed by atoms with Gasteiger partial charge in [-0.1, -0.05) is 13.8 Å². The molecule has 1 rings (SSSR count). The van der Waals surface area contributed by atoms with Crippen LogP contribution in [0.5, 0.6) is 0 Å². The number of hydrogen-bond donors (Lipinski definition) is 1. The van der Waals surface area contributed by atoms with Gasteiger partial charge in [0.05, 0.1) is 0 Å². The summed E-state index contributed by atoms with van der Waals surface area (Å²) < 4.78 is 5.49. The van der Waals surface area contributed by atoms with Crippen molar-refractivity contribution in [2.75, 3.05) is 26.3 Å². The molecule has 2 heteroatoms. The van der Waals surface area contributed by atoms with Gasteiger partial charge < -0.3 is 10.1 Å². The first-order valence-electron chi connectivity index (χ1n) is 6.11. The second-order valence-corrected chi connectivity index (χ2v) is 4.63. The van der Waals surface area contributed by atoms with Crippen molar-refractivity contribution < 1.29 is 4.74 Å². The molecule has 1 aliphatic rings.